The second-order valence-electron chi connectivity index (χ2n) is 4.14. The number of rotatable bonds is 3. The fourth-order valence-corrected chi connectivity index (χ4v) is 2.16. The Morgan fingerprint density at radius 3 is 2.73 bits per heavy atom. The molecule has 1 aliphatic carbocycles. The van der Waals surface area contributed by atoms with Crippen molar-refractivity contribution in [2.24, 2.45) is 5.92 Å². The molecule has 1 fully saturated rings. The molecule has 0 bridgehead atoms. The molecule has 2 rings (SSSR count). The van der Waals surface area contributed by atoms with Gasteiger partial charge < -0.3 is 10.5 Å². The van der Waals surface area contributed by atoms with Crippen molar-refractivity contribution in [1.82, 2.24) is 0 Å². The van der Waals surface area contributed by atoms with E-state index in [0.717, 1.165) is 18.3 Å². The van der Waals surface area contributed by atoms with Crippen LogP contribution in [0.4, 0.5) is 5.69 Å². The van der Waals surface area contributed by atoms with E-state index < -0.39 is 0 Å². The third-order valence-electron chi connectivity index (χ3n) is 2.93. The van der Waals surface area contributed by atoms with Gasteiger partial charge in [0.2, 0.25) is 0 Å². The molecule has 1 aromatic carbocycles. The van der Waals surface area contributed by atoms with Crippen LogP contribution in [0.3, 0.4) is 0 Å². The minimum absolute atomic E-state index is 0.568. The monoisotopic (exact) mass is 225 g/mol. The van der Waals surface area contributed by atoms with Gasteiger partial charge in [-0.2, -0.15) is 0 Å². The van der Waals surface area contributed by atoms with Gasteiger partial charge in [0.25, 0.3) is 0 Å². The lowest BCUT2D eigenvalue weighted by Gasteiger charge is -2.11. The van der Waals surface area contributed by atoms with Crippen LogP contribution in [0.25, 0.3) is 0 Å². The summed E-state index contributed by atoms with van der Waals surface area (Å²) in [5, 5.41) is 0.568. The third-order valence-corrected chi connectivity index (χ3v) is 3.26. The first-order valence-electron chi connectivity index (χ1n) is 5.43. The van der Waals surface area contributed by atoms with Crippen LogP contribution in [0.2, 0.25) is 5.02 Å². The van der Waals surface area contributed by atoms with E-state index in [1.807, 2.05) is 6.07 Å². The number of nitrogens with two attached hydrogens (primary N) is 1. The molecule has 0 aromatic heterocycles. The number of ether oxygens (including phenoxy) is 1. The second kappa shape index (κ2) is 4.75. The fourth-order valence-electron chi connectivity index (χ4n) is 1.99. The minimum atomic E-state index is 0.568. The van der Waals surface area contributed by atoms with Crippen LogP contribution >= 0.6 is 11.6 Å². The van der Waals surface area contributed by atoms with E-state index in [9.17, 15) is 0 Å². The molecule has 0 saturated heterocycles. The van der Waals surface area contributed by atoms with Crippen LogP contribution in [0, 0.1) is 5.92 Å². The summed E-state index contributed by atoms with van der Waals surface area (Å²) < 4.78 is 5.69. The molecule has 2 N–H and O–H groups in total. The van der Waals surface area contributed by atoms with Gasteiger partial charge >= 0.3 is 0 Å². The van der Waals surface area contributed by atoms with Crippen molar-refractivity contribution in [3.63, 3.8) is 0 Å². The number of anilines is 1. The fraction of sp³-hybridized carbons (Fsp3) is 0.500. The van der Waals surface area contributed by atoms with Crippen molar-refractivity contribution < 1.29 is 4.74 Å². The predicted octanol–water partition coefficient (Wildman–Crippen LogP) is 3.49. The molecule has 82 valence electrons. The average molecular weight is 226 g/mol. The Morgan fingerprint density at radius 1 is 1.33 bits per heavy atom. The molecule has 0 radical (unpaired) electrons. The maximum atomic E-state index is 5.90. The smallest absolute Gasteiger partial charge is 0.120 e. The topological polar surface area (TPSA) is 35.2 Å². The number of benzene rings is 1. The van der Waals surface area contributed by atoms with Gasteiger partial charge in [0.15, 0.2) is 0 Å². The van der Waals surface area contributed by atoms with E-state index in [0.29, 0.717) is 10.7 Å². The van der Waals surface area contributed by atoms with E-state index in [1.54, 1.807) is 12.1 Å². The van der Waals surface area contributed by atoms with Gasteiger partial charge in [-0.15, -0.1) is 0 Å². The summed E-state index contributed by atoms with van der Waals surface area (Å²) in [7, 11) is 0. The summed E-state index contributed by atoms with van der Waals surface area (Å²) in [4.78, 5) is 0. The Labute approximate surface area is 95.4 Å². The maximum Gasteiger partial charge on any atom is 0.120 e. The lowest BCUT2D eigenvalue weighted by Crippen LogP contribution is -2.07. The highest BCUT2D eigenvalue weighted by Gasteiger charge is 2.15. The zero-order chi connectivity index (χ0) is 10.7. The Morgan fingerprint density at radius 2 is 2.07 bits per heavy atom. The summed E-state index contributed by atoms with van der Waals surface area (Å²) in [6.07, 6.45) is 5.28. The van der Waals surface area contributed by atoms with Gasteiger partial charge in [0, 0.05) is 6.07 Å². The van der Waals surface area contributed by atoms with Crippen molar-refractivity contribution in [2.45, 2.75) is 25.7 Å². The maximum absolute atomic E-state index is 5.90. The lowest BCUT2D eigenvalue weighted by atomic mass is 10.1. The molecule has 1 aliphatic rings. The molecule has 1 aromatic rings. The summed E-state index contributed by atoms with van der Waals surface area (Å²) >= 11 is 5.90. The zero-order valence-electron chi connectivity index (χ0n) is 8.71. The van der Waals surface area contributed by atoms with E-state index in [2.05, 4.69) is 0 Å². The van der Waals surface area contributed by atoms with Crippen molar-refractivity contribution >= 4 is 17.3 Å². The van der Waals surface area contributed by atoms with Crippen LogP contribution in [-0.2, 0) is 0 Å². The van der Waals surface area contributed by atoms with Gasteiger partial charge in [0.05, 0.1) is 17.3 Å². The summed E-state index contributed by atoms with van der Waals surface area (Å²) in [6, 6.07) is 5.44. The first-order valence-corrected chi connectivity index (χ1v) is 5.81. The quantitative estimate of drug-likeness (QED) is 0.800. The molecule has 3 heteroatoms. The second-order valence-corrected chi connectivity index (χ2v) is 4.55. The highest BCUT2D eigenvalue weighted by atomic mass is 35.5. The van der Waals surface area contributed by atoms with Gasteiger partial charge in [-0.25, -0.2) is 0 Å². The SMILES string of the molecule is Nc1ccc(OCC2CCCC2)cc1Cl. The predicted molar refractivity (Wildman–Crippen MR) is 63.3 cm³/mol. The molecule has 2 nitrogen and oxygen atoms in total. The molecule has 0 amide bonds. The Kier molecular flexibility index (Phi) is 3.37. The van der Waals surface area contributed by atoms with E-state index in [-0.39, 0.29) is 0 Å². The standard InChI is InChI=1S/C12H16ClNO/c13-11-7-10(5-6-12(11)14)15-8-9-3-1-2-4-9/h5-7,9H,1-4,8,14H2. The highest BCUT2D eigenvalue weighted by molar-refractivity contribution is 6.33. The van der Waals surface area contributed by atoms with E-state index in [1.165, 1.54) is 25.7 Å². The average Bonchev–Trinajstić information content (AvgIpc) is 2.73. The van der Waals surface area contributed by atoms with Crippen molar-refractivity contribution in [1.29, 1.82) is 0 Å². The minimum Gasteiger partial charge on any atom is -0.493 e. The van der Waals surface area contributed by atoms with Crippen LogP contribution < -0.4 is 10.5 Å². The Bertz CT molecular complexity index is 334. The third kappa shape index (κ3) is 2.78. The Hall–Kier alpha value is -0.890. The molecule has 0 aliphatic heterocycles. The molecule has 1 saturated carbocycles. The number of halogens is 1. The first kappa shape index (κ1) is 10.6. The molecule has 0 spiro atoms. The molecule has 0 atom stereocenters. The van der Waals surface area contributed by atoms with Crippen molar-refractivity contribution in [3.05, 3.63) is 23.2 Å². The lowest BCUT2D eigenvalue weighted by molar-refractivity contribution is 0.252. The summed E-state index contributed by atoms with van der Waals surface area (Å²) in [5.41, 5.74) is 6.22. The molecule has 0 unspecified atom stereocenters. The molecule has 15 heavy (non-hydrogen) atoms. The number of nitrogen functional groups attached to an aromatic ring is 1. The normalized spacial score (nSPS) is 16.9. The van der Waals surface area contributed by atoms with Crippen LogP contribution in [0.5, 0.6) is 5.75 Å². The molecule has 0 heterocycles. The van der Waals surface area contributed by atoms with Gasteiger partial charge in [0.1, 0.15) is 5.75 Å². The van der Waals surface area contributed by atoms with Crippen LogP contribution in [-0.4, -0.2) is 6.61 Å². The molecular formula is C12H16ClNO. The first-order chi connectivity index (χ1) is 7.25. The van der Waals surface area contributed by atoms with Gasteiger partial charge in [-0.1, -0.05) is 24.4 Å². The van der Waals surface area contributed by atoms with Crippen LogP contribution in [0.1, 0.15) is 25.7 Å². The Balaban J connectivity index is 1.90. The largest absolute Gasteiger partial charge is 0.493 e. The number of hydrogen-bond acceptors (Lipinski definition) is 2. The number of hydrogen-bond donors (Lipinski definition) is 1. The van der Waals surface area contributed by atoms with Crippen molar-refractivity contribution in [3.8, 4) is 5.75 Å². The van der Waals surface area contributed by atoms with E-state index in [4.69, 9.17) is 22.1 Å². The molecular weight excluding hydrogens is 210 g/mol. The summed E-state index contributed by atoms with van der Waals surface area (Å²) in [5.74, 6) is 1.54. The summed E-state index contributed by atoms with van der Waals surface area (Å²) in [6.45, 7) is 0.806. The van der Waals surface area contributed by atoms with Crippen molar-refractivity contribution in [2.75, 3.05) is 12.3 Å². The van der Waals surface area contributed by atoms with Crippen LogP contribution in [0.15, 0.2) is 18.2 Å². The van der Waals surface area contributed by atoms with Gasteiger partial charge in [-0.05, 0) is 30.9 Å². The zero-order valence-corrected chi connectivity index (χ0v) is 9.46. The van der Waals surface area contributed by atoms with Gasteiger partial charge in [-0.3, -0.25) is 0 Å². The highest BCUT2D eigenvalue weighted by Crippen LogP contribution is 2.27. The van der Waals surface area contributed by atoms with E-state index >= 15 is 0 Å².